The fraction of sp³-hybridized carbons (Fsp3) is 0.333. The van der Waals surface area contributed by atoms with E-state index in [1.165, 1.54) is 11.3 Å². The molecule has 1 amide bonds. The zero-order chi connectivity index (χ0) is 20.2. The van der Waals surface area contributed by atoms with Gasteiger partial charge >= 0.3 is 0 Å². The van der Waals surface area contributed by atoms with Gasteiger partial charge in [0.25, 0.3) is 12.3 Å². The molecule has 1 aliphatic heterocycles. The molecule has 1 saturated heterocycles. The molecular weight excluding hydrogens is 394 g/mol. The monoisotopic (exact) mass is 416 g/mol. The van der Waals surface area contributed by atoms with Crippen molar-refractivity contribution in [1.29, 1.82) is 0 Å². The Morgan fingerprint density at radius 3 is 2.59 bits per heavy atom. The van der Waals surface area contributed by atoms with Gasteiger partial charge in [-0.15, -0.1) is 11.3 Å². The normalized spacial score (nSPS) is 15.7. The molecule has 1 N–H and O–H groups in total. The number of carbonyl (C=O) groups is 1. The molecular formula is C21H22F2N4OS. The summed E-state index contributed by atoms with van der Waals surface area (Å²) in [6.07, 6.45) is 0.767. The van der Waals surface area contributed by atoms with Crippen LogP contribution in [0.2, 0.25) is 0 Å². The molecule has 5 nitrogen and oxygen atoms in total. The van der Waals surface area contributed by atoms with E-state index in [1.807, 2.05) is 47.8 Å². The van der Waals surface area contributed by atoms with E-state index in [0.29, 0.717) is 37.2 Å². The SMILES string of the molecule is O=C(NC1CCN(CC(F)F)CC1)c1cn(-c2ccccc2)nc1-c1cccs1. The molecule has 4 rings (SSSR count). The number of para-hydroxylation sites is 1. The summed E-state index contributed by atoms with van der Waals surface area (Å²) in [7, 11) is 0. The number of nitrogens with zero attached hydrogens (tertiary/aromatic N) is 3. The van der Waals surface area contributed by atoms with Crippen LogP contribution in [0.15, 0.2) is 54.0 Å². The second kappa shape index (κ2) is 8.84. The number of hydrogen-bond acceptors (Lipinski definition) is 4. The van der Waals surface area contributed by atoms with Crippen molar-refractivity contribution in [1.82, 2.24) is 20.0 Å². The molecule has 152 valence electrons. The number of thiophene rings is 1. The molecule has 1 fully saturated rings. The summed E-state index contributed by atoms with van der Waals surface area (Å²) in [5.74, 6) is -0.178. The first kappa shape index (κ1) is 19.7. The third-order valence-electron chi connectivity index (χ3n) is 5.05. The highest BCUT2D eigenvalue weighted by Crippen LogP contribution is 2.28. The predicted octanol–water partition coefficient (Wildman–Crippen LogP) is 4.06. The van der Waals surface area contributed by atoms with Crippen LogP contribution < -0.4 is 5.32 Å². The summed E-state index contributed by atoms with van der Waals surface area (Å²) >= 11 is 1.53. The van der Waals surface area contributed by atoms with Crippen molar-refractivity contribution in [2.75, 3.05) is 19.6 Å². The Bertz CT molecular complexity index is 935. The fourth-order valence-electron chi connectivity index (χ4n) is 3.57. The minimum absolute atomic E-state index is 0.0207. The van der Waals surface area contributed by atoms with Crippen LogP contribution in [0.5, 0.6) is 0 Å². The molecule has 1 aromatic carbocycles. The van der Waals surface area contributed by atoms with Crippen molar-refractivity contribution < 1.29 is 13.6 Å². The van der Waals surface area contributed by atoms with Crippen LogP contribution in [-0.2, 0) is 0 Å². The number of rotatable bonds is 6. The molecule has 0 aliphatic carbocycles. The third kappa shape index (κ3) is 4.71. The fourth-order valence-corrected chi connectivity index (χ4v) is 4.29. The molecule has 3 aromatic rings. The molecule has 0 saturated carbocycles. The van der Waals surface area contributed by atoms with Crippen LogP contribution in [0.25, 0.3) is 16.3 Å². The lowest BCUT2D eigenvalue weighted by atomic mass is 10.0. The van der Waals surface area contributed by atoms with Crippen LogP contribution in [0, 0.1) is 0 Å². The van der Waals surface area contributed by atoms with Gasteiger partial charge in [-0.05, 0) is 36.4 Å². The van der Waals surface area contributed by atoms with Gasteiger partial charge in [-0.25, -0.2) is 13.5 Å². The number of benzene rings is 1. The maximum absolute atomic E-state index is 13.0. The van der Waals surface area contributed by atoms with Crippen LogP contribution in [0.1, 0.15) is 23.2 Å². The van der Waals surface area contributed by atoms with Gasteiger partial charge in [-0.3, -0.25) is 9.69 Å². The van der Waals surface area contributed by atoms with E-state index in [-0.39, 0.29) is 18.5 Å². The zero-order valence-electron chi connectivity index (χ0n) is 15.8. The quantitative estimate of drug-likeness (QED) is 0.659. The molecule has 0 atom stereocenters. The van der Waals surface area contributed by atoms with E-state index >= 15 is 0 Å². The molecule has 3 heterocycles. The summed E-state index contributed by atoms with van der Waals surface area (Å²) in [6, 6.07) is 13.5. The molecule has 0 unspecified atom stereocenters. The van der Waals surface area contributed by atoms with Crippen LogP contribution in [0.3, 0.4) is 0 Å². The van der Waals surface area contributed by atoms with Crippen molar-refractivity contribution in [2.24, 2.45) is 0 Å². The van der Waals surface area contributed by atoms with Crippen LogP contribution in [0.4, 0.5) is 8.78 Å². The highest BCUT2D eigenvalue weighted by molar-refractivity contribution is 7.13. The maximum Gasteiger partial charge on any atom is 0.255 e. The number of alkyl halides is 2. The van der Waals surface area contributed by atoms with E-state index in [9.17, 15) is 13.6 Å². The standard InChI is InChI=1S/C21H22F2N4OS/c22-19(23)14-26-10-8-15(9-11-26)24-21(28)17-13-27(16-5-2-1-3-6-16)25-20(17)18-7-4-12-29-18/h1-7,12-13,15,19H,8-11,14H2,(H,24,28). The van der Waals surface area contributed by atoms with E-state index in [1.54, 1.807) is 15.8 Å². The van der Waals surface area contributed by atoms with Gasteiger partial charge in [0, 0.05) is 25.3 Å². The molecule has 8 heteroatoms. The van der Waals surface area contributed by atoms with E-state index in [4.69, 9.17) is 0 Å². The highest BCUT2D eigenvalue weighted by atomic mass is 32.1. The Morgan fingerprint density at radius 1 is 1.17 bits per heavy atom. The van der Waals surface area contributed by atoms with Crippen LogP contribution in [-0.4, -0.2) is 52.7 Å². The molecule has 29 heavy (non-hydrogen) atoms. The first-order valence-corrected chi connectivity index (χ1v) is 10.5. The second-order valence-electron chi connectivity index (χ2n) is 7.09. The summed E-state index contributed by atoms with van der Waals surface area (Å²) in [6.45, 7) is 0.930. The Morgan fingerprint density at radius 2 is 1.93 bits per heavy atom. The van der Waals surface area contributed by atoms with E-state index < -0.39 is 6.43 Å². The number of hydrogen-bond donors (Lipinski definition) is 1. The Hall–Kier alpha value is -2.58. The van der Waals surface area contributed by atoms with Crippen LogP contribution >= 0.6 is 11.3 Å². The second-order valence-corrected chi connectivity index (χ2v) is 8.04. The van der Waals surface area contributed by atoms with Crippen molar-refractivity contribution >= 4 is 17.2 Å². The molecule has 0 bridgehead atoms. The van der Waals surface area contributed by atoms with Gasteiger partial charge in [0.2, 0.25) is 0 Å². The third-order valence-corrected chi connectivity index (χ3v) is 5.93. The zero-order valence-corrected chi connectivity index (χ0v) is 16.6. The lowest BCUT2D eigenvalue weighted by Gasteiger charge is -2.31. The van der Waals surface area contributed by atoms with Crippen molar-refractivity contribution in [2.45, 2.75) is 25.3 Å². The number of carbonyl (C=O) groups excluding carboxylic acids is 1. The smallest absolute Gasteiger partial charge is 0.255 e. The van der Waals surface area contributed by atoms with Gasteiger partial charge in [0.15, 0.2) is 0 Å². The van der Waals surface area contributed by atoms with Crippen molar-refractivity contribution in [3.8, 4) is 16.3 Å². The average Bonchev–Trinajstić information content (AvgIpc) is 3.39. The number of aromatic nitrogens is 2. The van der Waals surface area contributed by atoms with Crippen molar-refractivity contribution in [3.05, 3.63) is 59.6 Å². The molecule has 0 spiro atoms. The van der Waals surface area contributed by atoms with Crippen molar-refractivity contribution in [3.63, 3.8) is 0 Å². The minimum atomic E-state index is -2.32. The number of likely N-dealkylation sites (tertiary alicyclic amines) is 1. The molecule has 1 aliphatic rings. The van der Waals surface area contributed by atoms with Gasteiger partial charge in [0.1, 0.15) is 5.69 Å². The first-order valence-electron chi connectivity index (χ1n) is 9.60. The number of halogens is 2. The largest absolute Gasteiger partial charge is 0.349 e. The Balaban J connectivity index is 1.51. The summed E-state index contributed by atoms with van der Waals surface area (Å²) in [5, 5.41) is 9.69. The van der Waals surface area contributed by atoms with Gasteiger partial charge < -0.3 is 5.32 Å². The first-order chi connectivity index (χ1) is 14.1. The maximum atomic E-state index is 13.0. The minimum Gasteiger partial charge on any atom is -0.349 e. The number of piperidine rings is 1. The summed E-state index contributed by atoms with van der Waals surface area (Å²) < 4.78 is 26.8. The highest BCUT2D eigenvalue weighted by Gasteiger charge is 2.25. The topological polar surface area (TPSA) is 50.2 Å². The molecule has 0 radical (unpaired) electrons. The lowest BCUT2D eigenvalue weighted by Crippen LogP contribution is -2.45. The van der Waals surface area contributed by atoms with Gasteiger partial charge in [0.05, 0.1) is 22.7 Å². The van der Waals surface area contributed by atoms with E-state index in [2.05, 4.69) is 10.4 Å². The molecule has 2 aromatic heterocycles. The number of amides is 1. The van der Waals surface area contributed by atoms with Gasteiger partial charge in [-0.2, -0.15) is 5.10 Å². The summed E-state index contributed by atoms with van der Waals surface area (Å²) in [5.41, 5.74) is 2.05. The average molecular weight is 416 g/mol. The van der Waals surface area contributed by atoms with Gasteiger partial charge in [-0.1, -0.05) is 24.3 Å². The summed E-state index contributed by atoms with van der Waals surface area (Å²) in [4.78, 5) is 15.7. The number of nitrogens with one attached hydrogen (secondary N) is 1. The predicted molar refractivity (Wildman–Crippen MR) is 110 cm³/mol. The van der Waals surface area contributed by atoms with E-state index in [0.717, 1.165) is 10.6 Å². The lowest BCUT2D eigenvalue weighted by molar-refractivity contribution is 0.0696. The Labute approximate surface area is 172 Å². The Kier molecular flexibility index (Phi) is 6.01.